The smallest absolute Gasteiger partial charge is 0.0308 e. The lowest BCUT2D eigenvalue weighted by molar-refractivity contribution is 0.573. The van der Waals surface area contributed by atoms with Crippen molar-refractivity contribution in [3.8, 4) is 33.4 Å². The molecule has 0 radical (unpaired) electrons. The maximum absolute atomic E-state index is 2.53. The van der Waals surface area contributed by atoms with Gasteiger partial charge in [0.05, 0.1) is 0 Å². The van der Waals surface area contributed by atoms with Crippen molar-refractivity contribution < 1.29 is 0 Å². The molecule has 0 aromatic heterocycles. The number of hydrogen-bond acceptors (Lipinski definition) is 0. The monoisotopic (exact) mass is 620 g/mol. The molecule has 1 spiro atoms. The van der Waals surface area contributed by atoms with Gasteiger partial charge in [0.15, 0.2) is 0 Å². The molecule has 9 aromatic rings. The molecular weight excluding hydrogens is 589 g/mol. The predicted octanol–water partition coefficient (Wildman–Crippen LogP) is 12.7. The highest BCUT2D eigenvalue weighted by molar-refractivity contribution is 6.26. The zero-order valence-electron chi connectivity index (χ0n) is 27.1. The molecule has 0 N–H and O–H groups in total. The van der Waals surface area contributed by atoms with E-state index in [0.717, 1.165) is 12.8 Å². The maximum atomic E-state index is 2.53. The van der Waals surface area contributed by atoms with Crippen LogP contribution in [0.1, 0.15) is 22.3 Å². The minimum atomic E-state index is -0.205. The van der Waals surface area contributed by atoms with Crippen molar-refractivity contribution in [2.24, 2.45) is 0 Å². The van der Waals surface area contributed by atoms with E-state index in [1.807, 2.05) is 0 Å². The van der Waals surface area contributed by atoms with E-state index in [9.17, 15) is 0 Å². The van der Waals surface area contributed by atoms with Gasteiger partial charge in [-0.1, -0.05) is 170 Å². The number of fused-ring (bicyclic) bond motifs is 16. The van der Waals surface area contributed by atoms with Gasteiger partial charge < -0.3 is 0 Å². The Kier molecular flexibility index (Phi) is 5.52. The molecule has 49 heavy (non-hydrogen) atoms. The molecule has 0 saturated carbocycles. The first-order valence-electron chi connectivity index (χ1n) is 17.4. The summed E-state index contributed by atoms with van der Waals surface area (Å²) in [6, 6.07) is 63.6. The van der Waals surface area contributed by atoms with Crippen molar-refractivity contribution in [3.05, 3.63) is 192 Å². The lowest BCUT2D eigenvalue weighted by atomic mass is 9.72. The standard InChI is InChI=1S/C49H32/c1-3-15-31(16-4-1)43-27-33-29-49(30-34(33)28-44(43)32-17-5-2-6-18-32)47-41-25-13-9-21-37(41)35-19-7-11-23-39(35)45(47)46-40-24-12-8-20-36(40)38-22-10-14-26-42(38)48(46)49/h1-28H,29-30H2. The first-order valence-corrected chi connectivity index (χ1v) is 17.4. The second-order valence-corrected chi connectivity index (χ2v) is 14.0. The van der Waals surface area contributed by atoms with Gasteiger partial charge in [-0.25, -0.2) is 0 Å². The highest BCUT2D eigenvalue weighted by Crippen LogP contribution is 2.63. The van der Waals surface area contributed by atoms with E-state index in [-0.39, 0.29) is 5.41 Å². The second-order valence-electron chi connectivity index (χ2n) is 14.0. The van der Waals surface area contributed by atoms with Gasteiger partial charge in [0.2, 0.25) is 0 Å². The highest BCUT2D eigenvalue weighted by Gasteiger charge is 2.50. The second kappa shape index (κ2) is 10.0. The Morgan fingerprint density at radius 3 is 1.00 bits per heavy atom. The lowest BCUT2D eigenvalue weighted by Crippen LogP contribution is -2.26. The topological polar surface area (TPSA) is 0 Å². The summed E-state index contributed by atoms with van der Waals surface area (Å²) in [5.41, 5.74) is 13.8. The first kappa shape index (κ1) is 27.0. The van der Waals surface area contributed by atoms with Crippen molar-refractivity contribution in [2.45, 2.75) is 18.3 Å². The minimum Gasteiger partial charge on any atom is -0.0622 e. The summed E-state index contributed by atoms with van der Waals surface area (Å²) in [6.45, 7) is 0. The first-order chi connectivity index (χ1) is 24.3. The van der Waals surface area contributed by atoms with Crippen LogP contribution >= 0.6 is 0 Å². The molecule has 0 bridgehead atoms. The van der Waals surface area contributed by atoms with Crippen LogP contribution in [0.2, 0.25) is 0 Å². The fourth-order valence-electron chi connectivity index (χ4n) is 9.72. The van der Waals surface area contributed by atoms with Crippen LogP contribution in [0.5, 0.6) is 0 Å². The fourth-order valence-corrected chi connectivity index (χ4v) is 9.72. The van der Waals surface area contributed by atoms with E-state index in [4.69, 9.17) is 0 Å². The van der Waals surface area contributed by atoms with Crippen LogP contribution in [-0.2, 0) is 18.3 Å². The van der Waals surface area contributed by atoms with E-state index in [2.05, 4.69) is 170 Å². The van der Waals surface area contributed by atoms with Crippen LogP contribution in [-0.4, -0.2) is 0 Å². The van der Waals surface area contributed by atoms with Gasteiger partial charge in [-0.15, -0.1) is 0 Å². The van der Waals surface area contributed by atoms with Crippen LogP contribution < -0.4 is 0 Å². The minimum absolute atomic E-state index is 0.205. The molecule has 228 valence electrons. The van der Waals surface area contributed by atoms with Gasteiger partial charge in [-0.3, -0.25) is 0 Å². The van der Waals surface area contributed by atoms with Crippen LogP contribution in [0.15, 0.2) is 170 Å². The molecule has 11 rings (SSSR count). The summed E-state index contributed by atoms with van der Waals surface area (Å²) >= 11 is 0. The molecule has 2 aliphatic carbocycles. The Balaban J connectivity index is 1.30. The number of benzene rings is 9. The fraction of sp³-hybridized carbons (Fsp3) is 0.0612. The van der Waals surface area contributed by atoms with Gasteiger partial charge >= 0.3 is 0 Å². The van der Waals surface area contributed by atoms with Crippen molar-refractivity contribution >= 4 is 43.1 Å². The molecule has 0 heterocycles. The third-order valence-electron chi connectivity index (χ3n) is 11.6. The Morgan fingerprint density at radius 1 is 0.306 bits per heavy atom. The summed E-state index contributed by atoms with van der Waals surface area (Å²) in [5, 5.41) is 10.9. The average molecular weight is 621 g/mol. The molecule has 0 aliphatic heterocycles. The largest absolute Gasteiger partial charge is 0.0622 e. The van der Waals surface area contributed by atoms with Crippen molar-refractivity contribution in [1.29, 1.82) is 0 Å². The zero-order valence-corrected chi connectivity index (χ0v) is 27.1. The van der Waals surface area contributed by atoms with Gasteiger partial charge in [-0.2, -0.15) is 0 Å². The Morgan fingerprint density at radius 2 is 0.612 bits per heavy atom. The van der Waals surface area contributed by atoms with E-state index >= 15 is 0 Å². The third kappa shape index (κ3) is 3.64. The zero-order chi connectivity index (χ0) is 32.1. The van der Waals surface area contributed by atoms with E-state index in [1.54, 1.807) is 0 Å². The molecule has 0 saturated heterocycles. The molecule has 0 nitrogen and oxygen atoms in total. The Bertz CT molecular complexity index is 2610. The maximum Gasteiger partial charge on any atom is 0.0308 e. The molecule has 0 fully saturated rings. The Labute approximate surface area is 285 Å². The highest BCUT2D eigenvalue weighted by atomic mass is 14.5. The molecule has 0 amide bonds. The summed E-state index contributed by atoms with van der Waals surface area (Å²) in [6.07, 6.45) is 1.95. The van der Waals surface area contributed by atoms with Gasteiger partial charge in [0.25, 0.3) is 0 Å². The van der Waals surface area contributed by atoms with Crippen LogP contribution in [0.25, 0.3) is 76.5 Å². The third-order valence-corrected chi connectivity index (χ3v) is 11.6. The normalized spacial score (nSPS) is 14.1. The van der Waals surface area contributed by atoms with Crippen molar-refractivity contribution in [1.82, 2.24) is 0 Å². The summed E-state index contributed by atoms with van der Waals surface area (Å²) in [4.78, 5) is 0. The van der Waals surface area contributed by atoms with Crippen LogP contribution in [0.4, 0.5) is 0 Å². The summed E-state index contributed by atoms with van der Waals surface area (Å²) in [7, 11) is 0. The van der Waals surface area contributed by atoms with Crippen LogP contribution in [0.3, 0.4) is 0 Å². The molecule has 2 aliphatic rings. The van der Waals surface area contributed by atoms with Crippen molar-refractivity contribution in [2.75, 3.05) is 0 Å². The summed E-state index contributed by atoms with van der Waals surface area (Å²) < 4.78 is 0. The number of hydrogen-bond donors (Lipinski definition) is 0. The van der Waals surface area contributed by atoms with E-state index in [1.165, 1.54) is 98.7 Å². The predicted molar refractivity (Wildman–Crippen MR) is 207 cm³/mol. The molecule has 0 atom stereocenters. The summed E-state index contributed by atoms with van der Waals surface area (Å²) in [5.74, 6) is 0. The average Bonchev–Trinajstić information content (AvgIpc) is 3.70. The number of rotatable bonds is 2. The van der Waals surface area contributed by atoms with Crippen molar-refractivity contribution in [3.63, 3.8) is 0 Å². The lowest BCUT2D eigenvalue weighted by Gasteiger charge is -2.30. The quantitative estimate of drug-likeness (QED) is 0.169. The van der Waals surface area contributed by atoms with Gasteiger partial charge in [0.1, 0.15) is 0 Å². The molecule has 0 unspecified atom stereocenters. The van der Waals surface area contributed by atoms with Gasteiger partial charge in [-0.05, 0) is 112 Å². The van der Waals surface area contributed by atoms with E-state index < -0.39 is 0 Å². The molecular formula is C49H32. The van der Waals surface area contributed by atoms with E-state index in [0.29, 0.717) is 0 Å². The Hall–Kier alpha value is -5.98. The molecule has 9 aromatic carbocycles. The van der Waals surface area contributed by atoms with Gasteiger partial charge in [0, 0.05) is 5.41 Å². The van der Waals surface area contributed by atoms with Crippen LogP contribution in [0, 0.1) is 0 Å². The molecule has 0 heteroatoms. The SMILES string of the molecule is c1ccc(-c2cc3c(cc2-c2ccccc2)CC2(C3)c3c(c4ccccc4c4ccccc34)-c3c2c2ccccc2c2ccccc32)cc1.